The number of nitrogens with two attached hydrogens (primary N) is 1. The summed E-state index contributed by atoms with van der Waals surface area (Å²) in [5, 5.41) is 5.03. The average Bonchev–Trinajstić information content (AvgIpc) is 2.14. The van der Waals surface area contributed by atoms with E-state index in [9.17, 15) is 14.4 Å². The highest BCUT2D eigenvalue weighted by molar-refractivity contribution is 5.99. The number of hydrogen-bond acceptors (Lipinski definition) is 3. The van der Waals surface area contributed by atoms with Gasteiger partial charge in [0, 0.05) is 30.8 Å². The Bertz CT molecular complexity index is 449. The van der Waals surface area contributed by atoms with E-state index < -0.39 is 5.91 Å². The molecule has 0 fully saturated rings. The van der Waals surface area contributed by atoms with Gasteiger partial charge in [0.2, 0.25) is 17.7 Å². The van der Waals surface area contributed by atoms with Gasteiger partial charge in [-0.25, -0.2) is 0 Å². The van der Waals surface area contributed by atoms with E-state index in [4.69, 9.17) is 5.73 Å². The van der Waals surface area contributed by atoms with Crippen molar-refractivity contribution in [3.63, 3.8) is 0 Å². The third kappa shape index (κ3) is 3.94. The molecular formula is C11H13N3O3. The molecule has 0 aliphatic heterocycles. The van der Waals surface area contributed by atoms with Crippen molar-refractivity contribution in [3.05, 3.63) is 23.8 Å². The summed E-state index contributed by atoms with van der Waals surface area (Å²) in [4.78, 5) is 32.9. The molecule has 0 atom stereocenters. The molecule has 1 aromatic carbocycles. The fraction of sp³-hybridized carbons (Fsp3) is 0.182. The zero-order valence-electron chi connectivity index (χ0n) is 9.53. The second-order valence-electron chi connectivity index (χ2n) is 3.53. The smallest absolute Gasteiger partial charge is 0.248 e. The maximum Gasteiger partial charge on any atom is 0.248 e. The van der Waals surface area contributed by atoms with Gasteiger partial charge in [-0.15, -0.1) is 0 Å². The zero-order valence-corrected chi connectivity index (χ0v) is 9.53. The molecule has 1 aromatic rings. The molecule has 0 bridgehead atoms. The number of amides is 3. The van der Waals surface area contributed by atoms with Crippen LogP contribution in [0.2, 0.25) is 0 Å². The van der Waals surface area contributed by atoms with Gasteiger partial charge in [0.15, 0.2) is 0 Å². The number of hydrogen-bond donors (Lipinski definition) is 3. The number of primary amides is 1. The first-order chi connectivity index (χ1) is 7.88. The first-order valence-corrected chi connectivity index (χ1v) is 4.88. The van der Waals surface area contributed by atoms with Crippen molar-refractivity contribution in [2.24, 2.45) is 5.73 Å². The van der Waals surface area contributed by atoms with Crippen LogP contribution in [0.4, 0.5) is 11.4 Å². The molecule has 90 valence electrons. The number of carbonyl (C=O) groups is 3. The van der Waals surface area contributed by atoms with Crippen molar-refractivity contribution in [1.29, 1.82) is 0 Å². The van der Waals surface area contributed by atoms with Crippen molar-refractivity contribution >= 4 is 29.1 Å². The van der Waals surface area contributed by atoms with Gasteiger partial charge >= 0.3 is 0 Å². The van der Waals surface area contributed by atoms with Crippen LogP contribution < -0.4 is 16.4 Å². The van der Waals surface area contributed by atoms with E-state index in [1.807, 2.05) is 0 Å². The van der Waals surface area contributed by atoms with Crippen LogP contribution in [0.25, 0.3) is 0 Å². The lowest BCUT2D eigenvalue weighted by atomic mass is 10.1. The maximum atomic E-state index is 11.1. The molecule has 6 heteroatoms. The van der Waals surface area contributed by atoms with Crippen LogP contribution in [-0.4, -0.2) is 17.7 Å². The molecule has 0 saturated carbocycles. The standard InChI is InChI=1S/C11H13N3O3/c1-6(15)13-9-3-8(11(12)17)4-10(5-9)14-7(2)16/h3-5H,1-2H3,(H2,12,17)(H,13,15)(H,14,16). The van der Waals surface area contributed by atoms with Gasteiger partial charge < -0.3 is 16.4 Å². The van der Waals surface area contributed by atoms with Crippen LogP contribution in [0.1, 0.15) is 24.2 Å². The highest BCUT2D eigenvalue weighted by atomic mass is 16.2. The molecule has 0 radical (unpaired) electrons. The Kier molecular flexibility index (Phi) is 3.82. The summed E-state index contributed by atoms with van der Waals surface area (Å²) in [5.41, 5.74) is 6.16. The topological polar surface area (TPSA) is 101 Å². The van der Waals surface area contributed by atoms with Gasteiger partial charge in [-0.2, -0.15) is 0 Å². The Morgan fingerprint density at radius 3 is 1.65 bits per heavy atom. The molecule has 1 rings (SSSR count). The van der Waals surface area contributed by atoms with Gasteiger partial charge in [0.05, 0.1) is 0 Å². The number of rotatable bonds is 3. The lowest BCUT2D eigenvalue weighted by Crippen LogP contribution is -2.14. The van der Waals surface area contributed by atoms with E-state index in [1.54, 1.807) is 0 Å². The number of anilines is 2. The fourth-order valence-corrected chi connectivity index (χ4v) is 1.32. The van der Waals surface area contributed by atoms with Crippen LogP contribution in [0.5, 0.6) is 0 Å². The van der Waals surface area contributed by atoms with Gasteiger partial charge in [-0.05, 0) is 18.2 Å². The SMILES string of the molecule is CC(=O)Nc1cc(NC(C)=O)cc(C(N)=O)c1. The zero-order chi connectivity index (χ0) is 13.0. The second-order valence-corrected chi connectivity index (χ2v) is 3.53. The summed E-state index contributed by atoms with van der Waals surface area (Å²) >= 11 is 0. The Hall–Kier alpha value is -2.37. The summed E-state index contributed by atoms with van der Waals surface area (Å²) in [6, 6.07) is 4.42. The van der Waals surface area contributed by atoms with Crippen molar-refractivity contribution in [2.75, 3.05) is 10.6 Å². The molecule has 0 unspecified atom stereocenters. The summed E-state index contributed by atoms with van der Waals surface area (Å²) in [6.07, 6.45) is 0. The second kappa shape index (κ2) is 5.11. The third-order valence-corrected chi connectivity index (χ3v) is 1.86. The summed E-state index contributed by atoms with van der Waals surface area (Å²) < 4.78 is 0. The van der Waals surface area contributed by atoms with E-state index in [0.29, 0.717) is 11.4 Å². The molecule has 3 amide bonds. The molecule has 0 spiro atoms. The Morgan fingerprint density at radius 2 is 1.35 bits per heavy atom. The minimum atomic E-state index is -0.635. The first-order valence-electron chi connectivity index (χ1n) is 4.88. The van der Waals surface area contributed by atoms with Crippen molar-refractivity contribution in [1.82, 2.24) is 0 Å². The normalized spacial score (nSPS) is 9.53. The fourth-order valence-electron chi connectivity index (χ4n) is 1.32. The largest absolute Gasteiger partial charge is 0.366 e. The minimum absolute atomic E-state index is 0.208. The van der Waals surface area contributed by atoms with Crippen LogP contribution in [0.15, 0.2) is 18.2 Å². The number of carbonyl (C=O) groups excluding carboxylic acids is 3. The molecule has 0 aromatic heterocycles. The quantitative estimate of drug-likeness (QED) is 0.718. The third-order valence-electron chi connectivity index (χ3n) is 1.86. The van der Waals surface area contributed by atoms with Gasteiger partial charge in [-0.1, -0.05) is 0 Å². The lowest BCUT2D eigenvalue weighted by Gasteiger charge is -2.08. The van der Waals surface area contributed by atoms with Crippen molar-refractivity contribution in [3.8, 4) is 0 Å². The van der Waals surface area contributed by atoms with Crippen molar-refractivity contribution in [2.45, 2.75) is 13.8 Å². The van der Waals surface area contributed by atoms with E-state index in [-0.39, 0.29) is 17.4 Å². The molecule has 6 nitrogen and oxygen atoms in total. The molecule has 0 aliphatic rings. The first kappa shape index (κ1) is 12.7. The molecule has 4 N–H and O–H groups in total. The molecular weight excluding hydrogens is 222 g/mol. The Balaban J connectivity index is 3.13. The monoisotopic (exact) mass is 235 g/mol. The van der Waals surface area contributed by atoms with Crippen LogP contribution in [0.3, 0.4) is 0 Å². The Labute approximate surface area is 98.2 Å². The predicted octanol–water partition coefficient (Wildman–Crippen LogP) is 0.702. The predicted molar refractivity (Wildman–Crippen MR) is 63.6 cm³/mol. The van der Waals surface area contributed by atoms with Gasteiger partial charge in [0.25, 0.3) is 0 Å². The van der Waals surface area contributed by atoms with Crippen LogP contribution >= 0.6 is 0 Å². The van der Waals surface area contributed by atoms with Crippen LogP contribution in [0, 0.1) is 0 Å². The summed E-state index contributed by atoms with van der Waals surface area (Å²) in [6.45, 7) is 2.68. The lowest BCUT2D eigenvalue weighted by molar-refractivity contribution is -0.115. The van der Waals surface area contributed by atoms with Crippen LogP contribution in [-0.2, 0) is 9.59 Å². The summed E-state index contributed by atoms with van der Waals surface area (Å²) in [5.74, 6) is -1.19. The maximum absolute atomic E-state index is 11.1. The minimum Gasteiger partial charge on any atom is -0.366 e. The van der Waals surface area contributed by atoms with E-state index in [0.717, 1.165) is 0 Å². The van der Waals surface area contributed by atoms with E-state index >= 15 is 0 Å². The van der Waals surface area contributed by atoms with Crippen molar-refractivity contribution < 1.29 is 14.4 Å². The highest BCUT2D eigenvalue weighted by Gasteiger charge is 2.07. The summed E-state index contributed by atoms with van der Waals surface area (Å²) in [7, 11) is 0. The number of nitrogens with one attached hydrogen (secondary N) is 2. The molecule has 17 heavy (non-hydrogen) atoms. The molecule has 0 aliphatic carbocycles. The average molecular weight is 235 g/mol. The molecule has 0 heterocycles. The van der Waals surface area contributed by atoms with Gasteiger partial charge in [-0.3, -0.25) is 14.4 Å². The van der Waals surface area contributed by atoms with E-state index in [1.165, 1.54) is 32.0 Å². The molecule has 0 saturated heterocycles. The Morgan fingerprint density at radius 1 is 0.941 bits per heavy atom. The number of benzene rings is 1. The van der Waals surface area contributed by atoms with E-state index in [2.05, 4.69) is 10.6 Å². The van der Waals surface area contributed by atoms with Gasteiger partial charge in [0.1, 0.15) is 0 Å². The highest BCUT2D eigenvalue weighted by Crippen LogP contribution is 2.19.